The zero-order chi connectivity index (χ0) is 62.4. The first-order chi connectivity index (χ1) is 43.7. The fraction of sp³-hybridized carbons (Fsp3) is 0.543. The summed E-state index contributed by atoms with van der Waals surface area (Å²) in [6, 6.07) is 19.4. The minimum atomic E-state index is -3.38. The molecule has 2 aliphatic heterocycles. The van der Waals surface area contributed by atoms with Crippen molar-refractivity contribution < 1.29 is 41.4 Å². The van der Waals surface area contributed by atoms with Crippen LogP contribution < -0.4 is 59.2 Å². The topological polar surface area (TPSA) is 173 Å². The van der Waals surface area contributed by atoms with E-state index in [0.29, 0.717) is 52.9 Å². The van der Waals surface area contributed by atoms with Crippen LogP contribution in [-0.2, 0) is 3.48 Å². The number of nitrogens with zero attached hydrogens (tertiary/aromatic N) is 2. The van der Waals surface area contributed by atoms with E-state index in [1.807, 2.05) is 0 Å². The molecule has 0 amide bonds. The van der Waals surface area contributed by atoms with Crippen molar-refractivity contribution in [1.29, 1.82) is 0 Å². The second-order valence-electron chi connectivity index (χ2n) is 23.9. The number of unbranched alkanes of at least 4 members (excludes halogenated alkanes) is 8. The molecule has 6 heterocycles. The first-order valence-electron chi connectivity index (χ1n) is 34.3. The molecule has 4 aromatic heterocycles. The van der Waals surface area contributed by atoms with Gasteiger partial charge in [-0.1, -0.05) is 128 Å². The van der Waals surface area contributed by atoms with Gasteiger partial charge in [0.25, 0.3) is 0 Å². The number of hydrogen-bond acceptors (Lipinski definition) is 13. The summed E-state index contributed by atoms with van der Waals surface area (Å²) >= 11 is -3.38. The van der Waals surface area contributed by atoms with E-state index in [0.717, 1.165) is 256 Å². The fourth-order valence-electron chi connectivity index (χ4n) is 12.2. The summed E-state index contributed by atoms with van der Waals surface area (Å²) in [5.74, 6) is 11.9. The fourth-order valence-corrected chi connectivity index (χ4v) is 20.2. The van der Waals surface area contributed by atoms with E-state index < -0.39 is 23.2 Å². The lowest BCUT2D eigenvalue weighted by atomic mass is 10.1. The van der Waals surface area contributed by atoms with Crippen molar-refractivity contribution in [2.24, 2.45) is 0 Å². The summed E-state index contributed by atoms with van der Waals surface area (Å²) in [7, 11) is -2.66. The number of benzene rings is 4. The minimum Gasteiger partial charge on any atom is -0.509 e. The molecule has 10 rings (SSSR count). The van der Waals surface area contributed by atoms with E-state index in [9.17, 15) is 0 Å². The highest BCUT2D eigenvalue weighted by Crippen LogP contribution is 2.57. The van der Waals surface area contributed by atoms with Crippen molar-refractivity contribution in [2.75, 3.05) is 74.1 Å². The number of rotatable bonds is 37. The Morgan fingerprint density at radius 2 is 0.483 bits per heavy atom. The molecule has 0 atom stereocenters. The van der Waals surface area contributed by atoms with Gasteiger partial charge in [0.2, 0.25) is 0 Å². The maximum absolute atomic E-state index is 8.57. The smallest absolute Gasteiger partial charge is 0.509 e. The van der Waals surface area contributed by atoms with E-state index in [2.05, 4.69) is 163 Å². The van der Waals surface area contributed by atoms with Crippen LogP contribution in [0.4, 0.5) is 46.5 Å². The van der Waals surface area contributed by atoms with Crippen molar-refractivity contribution in [1.82, 2.24) is 17.1 Å². The number of aromatic nitrogens is 4. The van der Waals surface area contributed by atoms with Crippen LogP contribution in [0, 0.1) is 0 Å². The predicted octanol–water partition coefficient (Wildman–Crippen LogP) is 20.0. The second-order valence-corrected chi connectivity index (χ2v) is 31.1. The van der Waals surface area contributed by atoms with Crippen molar-refractivity contribution in [3.05, 3.63) is 48.5 Å². The molecule has 0 aliphatic carbocycles. The number of nitrogens with one attached hydrogen (secondary N) is 6. The Bertz CT molecular complexity index is 3200. The molecule has 19 heteroatoms. The lowest BCUT2D eigenvalue weighted by molar-refractivity contribution is 0.306. The third kappa shape index (κ3) is 13.4. The number of anilines is 8. The van der Waals surface area contributed by atoms with Crippen LogP contribution in [0.25, 0.3) is 43.1 Å². The van der Waals surface area contributed by atoms with Crippen LogP contribution in [0.15, 0.2) is 48.5 Å². The van der Waals surface area contributed by atoms with E-state index >= 15 is 0 Å². The molecular formula is C70H101AlN8O9Si. The van der Waals surface area contributed by atoms with E-state index in [4.69, 9.17) is 41.4 Å². The molecule has 2 aliphatic rings. The van der Waals surface area contributed by atoms with Gasteiger partial charge in [0.05, 0.1) is 95.9 Å². The Hall–Kier alpha value is -6.65. The quantitative estimate of drug-likeness (QED) is 0.0161. The SMILES string of the molecule is CCCCOc1ccc(OCCCC)c2c3[nH]c(c12)Nc1c2c(OCCCC)ccc(OCCCC)c2c2[n]1[Al]([O][Si](CC)(CC)CC)[n]1c(c4c(OCCCC)ccc(OCCCC)c4c1Nc1[nH]c(c4c(OCCCC)ccc(OCCCC)c14)N2)N3. The molecule has 0 radical (unpaired) electrons. The first-order valence-corrected chi connectivity index (χ1v) is 38.3. The van der Waals surface area contributed by atoms with Crippen molar-refractivity contribution in [2.45, 2.75) is 197 Å². The standard InChI is InChI=1S/C64H86N8O8.C6H15OSi.Al/c1-9-17-33-73-41-25-26-42(74-34-18-10-2)50-49(41)57-65-58(50)70-60-53-45(77-37-21-13-5)29-30-46(78-38-22-14-6)54(53)62(67-60)72-64-56-48(80-40-24-16-8)32-31-47(79-39-23-15-7)55(56)63(68-64)71-61-52-44(76-36-20-12-4)28-27-43(75-35-19-11-3)51(52)59(66-61)69-57;1-4-8(7,5-2)6-3;/h25-32,65,68-72H,9-24,33-40H2,1-8H3;4-6H2,1-3H3;/q-2;-1;+3. The molecule has 482 valence electrons. The van der Waals surface area contributed by atoms with Crippen LogP contribution in [0.2, 0.25) is 18.1 Å². The van der Waals surface area contributed by atoms with Crippen LogP contribution in [0.5, 0.6) is 46.0 Å². The average molecular weight is 1250 g/mol. The molecule has 89 heavy (non-hydrogen) atoms. The Labute approximate surface area is 534 Å². The molecular weight excluding hydrogens is 1150 g/mol. The van der Waals surface area contributed by atoms with Gasteiger partial charge in [0.15, 0.2) is 8.32 Å². The van der Waals surface area contributed by atoms with Gasteiger partial charge in [-0.15, -0.1) is 0 Å². The Balaban J connectivity index is 1.48. The van der Waals surface area contributed by atoms with E-state index in [1.165, 1.54) is 0 Å². The molecule has 4 aromatic carbocycles. The number of ether oxygens (including phenoxy) is 8. The van der Waals surface area contributed by atoms with Gasteiger partial charge in [-0.2, -0.15) is 0 Å². The highest BCUT2D eigenvalue weighted by Gasteiger charge is 2.49. The van der Waals surface area contributed by atoms with Gasteiger partial charge in [-0.3, -0.25) is 0 Å². The zero-order valence-corrected chi connectivity index (χ0v) is 57.5. The molecule has 0 fully saturated rings. The summed E-state index contributed by atoms with van der Waals surface area (Å²) < 4.78 is 69.8. The van der Waals surface area contributed by atoms with Gasteiger partial charge in [-0.25, -0.2) is 0 Å². The van der Waals surface area contributed by atoms with E-state index in [1.54, 1.807) is 0 Å². The summed E-state index contributed by atoms with van der Waals surface area (Å²) in [6.07, 6.45) is 14.9. The molecule has 6 bridgehead atoms. The summed E-state index contributed by atoms with van der Waals surface area (Å²) in [5.41, 5.74) is 0. The summed E-state index contributed by atoms with van der Waals surface area (Å²) in [4.78, 5) is 8.02. The normalized spacial score (nSPS) is 12.7. The molecule has 8 aromatic rings. The number of H-pyrrole nitrogens is 2. The van der Waals surface area contributed by atoms with Gasteiger partial charge < -0.3 is 79.7 Å². The van der Waals surface area contributed by atoms with E-state index in [-0.39, 0.29) is 0 Å². The van der Waals surface area contributed by atoms with Crippen LogP contribution in [0.1, 0.15) is 179 Å². The minimum absolute atomic E-state index is 0.518. The lowest BCUT2D eigenvalue weighted by Crippen LogP contribution is -2.50. The largest absolute Gasteiger partial charge is 0.798 e. The highest BCUT2D eigenvalue weighted by atomic mass is 28.4. The maximum Gasteiger partial charge on any atom is 0.798 e. The monoisotopic (exact) mass is 1250 g/mol. The van der Waals surface area contributed by atoms with Crippen molar-refractivity contribution in [3.8, 4) is 46.0 Å². The molecule has 0 saturated carbocycles. The van der Waals surface area contributed by atoms with Gasteiger partial charge in [0, 0.05) is 0 Å². The van der Waals surface area contributed by atoms with Gasteiger partial charge in [0.1, 0.15) is 92.5 Å². The van der Waals surface area contributed by atoms with Crippen molar-refractivity contribution in [3.63, 3.8) is 0 Å². The third-order valence-electron chi connectivity index (χ3n) is 17.7. The number of hydrogen-bond donors (Lipinski definition) is 6. The van der Waals surface area contributed by atoms with Crippen LogP contribution in [-0.4, -0.2) is 93.2 Å². The predicted molar refractivity (Wildman–Crippen MR) is 372 cm³/mol. The van der Waals surface area contributed by atoms with Gasteiger partial charge >= 0.3 is 14.9 Å². The summed E-state index contributed by atoms with van der Waals surface area (Å²) in [6.45, 7) is 28.8. The van der Waals surface area contributed by atoms with Crippen molar-refractivity contribution >= 4 is 113 Å². The Morgan fingerprint density at radius 3 is 0.663 bits per heavy atom. The molecule has 0 spiro atoms. The second kappa shape index (κ2) is 30.9. The Kier molecular flexibility index (Phi) is 22.7. The third-order valence-corrected chi connectivity index (χ3v) is 26.3. The maximum atomic E-state index is 8.57. The highest BCUT2D eigenvalue weighted by molar-refractivity contribution is 6.80. The summed E-state index contributed by atoms with van der Waals surface area (Å²) in [5, 5.41) is 23.7. The number of fused-ring (bicyclic) bond motifs is 16. The molecule has 17 nitrogen and oxygen atoms in total. The zero-order valence-electron chi connectivity index (χ0n) is 55.4. The van der Waals surface area contributed by atoms with Gasteiger partial charge in [-0.05, 0) is 118 Å². The van der Waals surface area contributed by atoms with Crippen LogP contribution in [0.3, 0.4) is 0 Å². The molecule has 0 saturated heterocycles. The first kappa shape index (κ1) is 65.3. The Morgan fingerprint density at radius 1 is 0.292 bits per heavy atom. The lowest BCUT2D eigenvalue weighted by Gasteiger charge is -2.35. The number of aromatic amines is 2. The molecule has 6 N–H and O–H groups in total. The van der Waals surface area contributed by atoms with Crippen LogP contribution >= 0.6 is 0 Å². The molecule has 0 unspecified atom stereocenters. The average Bonchev–Trinajstić information content (AvgIpc) is 1.54.